The molecular weight excluding hydrogens is 375 g/mol. The SMILES string of the molecule is C[C@@H]1CN(C)C(=O)c2c3c(nn2C1)CCN(C(=O)Nc1ccc(F)c(C#N)c1)C3. The highest BCUT2D eigenvalue weighted by Gasteiger charge is 2.33. The molecule has 150 valence electrons. The van der Waals surface area contributed by atoms with Crippen molar-refractivity contribution in [1.82, 2.24) is 19.6 Å². The van der Waals surface area contributed by atoms with Gasteiger partial charge in [-0.3, -0.25) is 9.48 Å². The summed E-state index contributed by atoms with van der Waals surface area (Å²) in [7, 11) is 1.78. The first-order chi connectivity index (χ1) is 13.9. The van der Waals surface area contributed by atoms with Crippen LogP contribution in [0.4, 0.5) is 14.9 Å². The molecule has 29 heavy (non-hydrogen) atoms. The van der Waals surface area contributed by atoms with Crippen LogP contribution in [-0.2, 0) is 19.5 Å². The number of carbonyl (C=O) groups is 2. The first kappa shape index (κ1) is 18.9. The fourth-order valence-corrected chi connectivity index (χ4v) is 3.95. The lowest BCUT2D eigenvalue weighted by Gasteiger charge is -2.27. The first-order valence-corrected chi connectivity index (χ1v) is 9.47. The Balaban J connectivity index is 1.57. The zero-order valence-electron chi connectivity index (χ0n) is 16.3. The number of amides is 3. The maximum atomic E-state index is 13.5. The van der Waals surface area contributed by atoms with E-state index < -0.39 is 5.82 Å². The number of hydrogen-bond donors (Lipinski definition) is 1. The average molecular weight is 396 g/mol. The average Bonchev–Trinajstić information content (AvgIpc) is 3.00. The summed E-state index contributed by atoms with van der Waals surface area (Å²) in [6, 6.07) is 5.25. The second-order valence-electron chi connectivity index (χ2n) is 7.65. The van der Waals surface area contributed by atoms with Gasteiger partial charge in [-0.2, -0.15) is 10.4 Å². The van der Waals surface area contributed by atoms with Crippen LogP contribution in [-0.4, -0.2) is 51.7 Å². The quantitative estimate of drug-likeness (QED) is 0.800. The van der Waals surface area contributed by atoms with Crippen LogP contribution in [0, 0.1) is 23.1 Å². The van der Waals surface area contributed by atoms with Crippen molar-refractivity contribution < 1.29 is 14.0 Å². The summed E-state index contributed by atoms with van der Waals surface area (Å²) in [6.45, 7) is 4.14. The van der Waals surface area contributed by atoms with E-state index in [4.69, 9.17) is 5.26 Å². The maximum absolute atomic E-state index is 13.5. The van der Waals surface area contributed by atoms with Gasteiger partial charge < -0.3 is 15.1 Å². The fraction of sp³-hybridized carbons (Fsp3) is 0.400. The molecule has 2 aliphatic rings. The van der Waals surface area contributed by atoms with Crippen LogP contribution in [0.15, 0.2) is 18.2 Å². The van der Waals surface area contributed by atoms with Gasteiger partial charge in [0.15, 0.2) is 0 Å². The number of benzene rings is 1. The summed E-state index contributed by atoms with van der Waals surface area (Å²) < 4.78 is 15.3. The molecule has 1 atom stereocenters. The van der Waals surface area contributed by atoms with Gasteiger partial charge in [0.2, 0.25) is 0 Å². The molecular formula is C20H21FN6O2. The Hall–Kier alpha value is -3.41. The van der Waals surface area contributed by atoms with Crippen molar-refractivity contribution in [3.8, 4) is 6.07 Å². The van der Waals surface area contributed by atoms with Crippen molar-refractivity contribution in [2.45, 2.75) is 26.4 Å². The molecule has 0 unspecified atom stereocenters. The molecule has 8 nitrogen and oxygen atoms in total. The minimum atomic E-state index is -0.632. The molecule has 0 bridgehead atoms. The summed E-state index contributed by atoms with van der Waals surface area (Å²) in [6.07, 6.45) is 0.557. The van der Waals surface area contributed by atoms with Crippen LogP contribution in [0.2, 0.25) is 0 Å². The minimum absolute atomic E-state index is 0.0810. The van der Waals surface area contributed by atoms with Crippen LogP contribution in [0.3, 0.4) is 0 Å². The number of rotatable bonds is 1. The summed E-state index contributed by atoms with van der Waals surface area (Å²) in [5.74, 6) is -0.422. The van der Waals surface area contributed by atoms with Crippen LogP contribution >= 0.6 is 0 Å². The van der Waals surface area contributed by atoms with Gasteiger partial charge in [0.1, 0.15) is 17.6 Å². The van der Waals surface area contributed by atoms with Gasteiger partial charge in [0.25, 0.3) is 5.91 Å². The molecule has 0 saturated carbocycles. The topological polar surface area (TPSA) is 94.3 Å². The van der Waals surface area contributed by atoms with Crippen LogP contribution in [0.5, 0.6) is 0 Å². The van der Waals surface area contributed by atoms with Gasteiger partial charge in [-0.05, 0) is 24.1 Å². The summed E-state index contributed by atoms with van der Waals surface area (Å²) in [5, 5.41) is 16.3. The molecule has 4 rings (SSSR count). The highest BCUT2D eigenvalue weighted by Crippen LogP contribution is 2.27. The third-order valence-corrected chi connectivity index (χ3v) is 5.35. The van der Waals surface area contributed by atoms with Gasteiger partial charge >= 0.3 is 6.03 Å². The van der Waals surface area contributed by atoms with Crippen LogP contribution in [0.1, 0.15) is 34.2 Å². The molecule has 0 saturated heterocycles. The van der Waals surface area contributed by atoms with E-state index in [1.54, 1.807) is 27.6 Å². The summed E-state index contributed by atoms with van der Waals surface area (Å²) in [5.41, 5.74) is 2.41. The lowest BCUT2D eigenvalue weighted by molar-refractivity contribution is 0.0781. The molecule has 1 N–H and O–H groups in total. The zero-order chi connectivity index (χ0) is 20.7. The van der Waals surface area contributed by atoms with Crippen molar-refractivity contribution in [2.24, 2.45) is 5.92 Å². The molecule has 2 aromatic rings. The third kappa shape index (κ3) is 3.42. The predicted molar refractivity (Wildman–Crippen MR) is 103 cm³/mol. The van der Waals surface area contributed by atoms with E-state index in [1.807, 2.05) is 0 Å². The van der Waals surface area contributed by atoms with E-state index in [2.05, 4.69) is 17.3 Å². The normalized spacial score (nSPS) is 18.6. The number of halogens is 1. The molecule has 3 heterocycles. The van der Waals surface area contributed by atoms with Crippen molar-refractivity contribution in [3.63, 3.8) is 0 Å². The summed E-state index contributed by atoms with van der Waals surface area (Å²) >= 11 is 0. The van der Waals surface area contributed by atoms with E-state index in [1.165, 1.54) is 12.1 Å². The van der Waals surface area contributed by atoms with Crippen molar-refractivity contribution in [3.05, 3.63) is 46.5 Å². The van der Waals surface area contributed by atoms with Gasteiger partial charge in [-0.1, -0.05) is 6.92 Å². The maximum Gasteiger partial charge on any atom is 0.322 e. The standard InChI is InChI=1S/C20H21FN6O2/c1-12-9-25(2)19(28)18-15-11-26(6-5-17(15)24-27(18)10-12)20(29)23-14-3-4-16(21)13(7-14)8-22/h3-4,7,12H,5-6,9-11H2,1-2H3,(H,23,29)/t12-/m1/s1. The molecule has 0 spiro atoms. The van der Waals surface area contributed by atoms with Crippen LogP contribution in [0.25, 0.3) is 0 Å². The monoisotopic (exact) mass is 396 g/mol. The smallest absolute Gasteiger partial charge is 0.322 e. The number of fused-ring (bicyclic) bond motifs is 3. The Labute approximate surface area is 167 Å². The highest BCUT2D eigenvalue weighted by molar-refractivity contribution is 5.95. The first-order valence-electron chi connectivity index (χ1n) is 9.47. The Bertz CT molecular complexity index is 1040. The van der Waals surface area contributed by atoms with Crippen molar-refractivity contribution in [2.75, 3.05) is 25.5 Å². The van der Waals surface area contributed by atoms with Crippen molar-refractivity contribution in [1.29, 1.82) is 5.26 Å². The fourth-order valence-electron chi connectivity index (χ4n) is 3.95. The van der Waals surface area contributed by atoms with E-state index in [0.29, 0.717) is 43.4 Å². The minimum Gasteiger partial charge on any atom is -0.340 e. The lowest BCUT2D eigenvalue weighted by atomic mass is 10.0. The Morgan fingerprint density at radius 3 is 2.93 bits per heavy atom. The van der Waals surface area contributed by atoms with Crippen molar-refractivity contribution >= 4 is 17.6 Å². The van der Waals surface area contributed by atoms with E-state index in [9.17, 15) is 14.0 Å². The lowest BCUT2D eigenvalue weighted by Crippen LogP contribution is -2.39. The third-order valence-electron chi connectivity index (χ3n) is 5.35. The number of nitrogens with one attached hydrogen (secondary N) is 1. The largest absolute Gasteiger partial charge is 0.340 e. The number of hydrogen-bond acceptors (Lipinski definition) is 4. The number of nitriles is 1. The Morgan fingerprint density at radius 2 is 2.17 bits per heavy atom. The number of nitrogens with zero attached hydrogens (tertiary/aromatic N) is 5. The number of aromatic nitrogens is 2. The highest BCUT2D eigenvalue weighted by atomic mass is 19.1. The van der Waals surface area contributed by atoms with E-state index in [0.717, 1.165) is 17.3 Å². The molecule has 3 amide bonds. The number of urea groups is 1. The predicted octanol–water partition coefficient (Wildman–Crippen LogP) is 2.21. The molecule has 9 heteroatoms. The Kier molecular flexibility index (Phi) is 4.70. The van der Waals surface area contributed by atoms with Gasteiger partial charge in [0, 0.05) is 44.4 Å². The summed E-state index contributed by atoms with van der Waals surface area (Å²) in [4.78, 5) is 28.9. The van der Waals surface area contributed by atoms with Crippen LogP contribution < -0.4 is 5.32 Å². The molecule has 0 fully saturated rings. The zero-order valence-corrected chi connectivity index (χ0v) is 16.3. The molecule has 2 aliphatic heterocycles. The Morgan fingerprint density at radius 1 is 1.38 bits per heavy atom. The number of carbonyl (C=O) groups excluding carboxylic acids is 2. The number of anilines is 1. The molecule has 1 aromatic heterocycles. The van der Waals surface area contributed by atoms with Gasteiger partial charge in [0.05, 0.1) is 17.8 Å². The molecule has 1 aromatic carbocycles. The second-order valence-corrected chi connectivity index (χ2v) is 7.65. The molecule has 0 radical (unpaired) electrons. The second kappa shape index (κ2) is 7.20. The molecule has 0 aliphatic carbocycles. The van der Waals surface area contributed by atoms with Gasteiger partial charge in [-0.15, -0.1) is 0 Å². The van der Waals surface area contributed by atoms with E-state index in [-0.39, 0.29) is 24.0 Å². The van der Waals surface area contributed by atoms with Gasteiger partial charge in [-0.25, -0.2) is 9.18 Å². The van der Waals surface area contributed by atoms with E-state index >= 15 is 0 Å².